The maximum absolute atomic E-state index is 12.0. The Morgan fingerprint density at radius 1 is 1.28 bits per heavy atom. The molecule has 4 N–H and O–H groups in total. The van der Waals surface area contributed by atoms with E-state index in [0.29, 0.717) is 10.7 Å². The third-order valence-corrected chi connectivity index (χ3v) is 4.88. The molecule has 11 heteroatoms. The third kappa shape index (κ3) is 6.61. The van der Waals surface area contributed by atoms with Crippen LogP contribution in [0.15, 0.2) is 29.6 Å². The van der Waals surface area contributed by atoms with Crippen molar-refractivity contribution < 1.29 is 19.1 Å². The molecule has 1 aromatic carbocycles. The maximum atomic E-state index is 12.0. The van der Waals surface area contributed by atoms with Crippen molar-refractivity contribution in [3.05, 3.63) is 40.5 Å². The van der Waals surface area contributed by atoms with Gasteiger partial charge in [0, 0.05) is 16.9 Å². The first-order chi connectivity index (χ1) is 13.8. The number of nitrogens with zero attached hydrogens (tertiary/aromatic N) is 2. The Balaban J connectivity index is 1.81. The predicted octanol–water partition coefficient (Wildman–Crippen LogP) is 2.04. The molecule has 1 aromatic heterocycles. The van der Waals surface area contributed by atoms with Crippen LogP contribution in [0, 0.1) is 6.92 Å². The number of rotatable bonds is 8. The average Bonchev–Trinajstić information content (AvgIpc) is 2.68. The number of carbonyl (C=O) groups excluding carboxylic acids is 3. The number of esters is 1. The molecule has 29 heavy (non-hydrogen) atoms. The zero-order chi connectivity index (χ0) is 21.4. The minimum Gasteiger partial charge on any atom is -0.462 e. The second-order valence-corrected chi connectivity index (χ2v) is 7.05. The van der Waals surface area contributed by atoms with Gasteiger partial charge in [0.2, 0.25) is 11.8 Å². The number of nitrogens with one attached hydrogen (secondary N) is 2. The Hall–Kier alpha value is -2.85. The minimum atomic E-state index is -0.611. The number of nitrogens with two attached hydrogens (primary N) is 1. The van der Waals surface area contributed by atoms with Gasteiger partial charge in [0.15, 0.2) is 5.16 Å². The summed E-state index contributed by atoms with van der Waals surface area (Å²) in [6.45, 7) is 3.47. The summed E-state index contributed by atoms with van der Waals surface area (Å²) in [7, 11) is 0. The second kappa shape index (κ2) is 10.6. The summed E-state index contributed by atoms with van der Waals surface area (Å²) in [6, 6.07) is 5.16. The fourth-order valence-corrected chi connectivity index (χ4v) is 2.94. The van der Waals surface area contributed by atoms with Gasteiger partial charge in [-0.15, -0.1) is 0 Å². The smallest absolute Gasteiger partial charge is 0.343 e. The van der Waals surface area contributed by atoms with Crippen LogP contribution in [0.25, 0.3) is 0 Å². The van der Waals surface area contributed by atoms with E-state index in [1.165, 1.54) is 6.20 Å². The molecule has 0 aliphatic heterocycles. The van der Waals surface area contributed by atoms with Crippen LogP contribution in [0.3, 0.4) is 0 Å². The fourth-order valence-electron chi connectivity index (χ4n) is 2.11. The van der Waals surface area contributed by atoms with E-state index in [9.17, 15) is 14.4 Å². The predicted molar refractivity (Wildman–Crippen MR) is 111 cm³/mol. The summed E-state index contributed by atoms with van der Waals surface area (Å²) < 4.78 is 4.84. The van der Waals surface area contributed by atoms with E-state index in [1.54, 1.807) is 32.0 Å². The van der Waals surface area contributed by atoms with Crippen LogP contribution in [0.1, 0.15) is 22.8 Å². The molecule has 0 radical (unpaired) electrons. The summed E-state index contributed by atoms with van der Waals surface area (Å²) in [6.07, 6.45) is 1.25. The molecule has 2 rings (SSSR count). The summed E-state index contributed by atoms with van der Waals surface area (Å²) in [5.41, 5.74) is 7.11. The zero-order valence-corrected chi connectivity index (χ0v) is 17.4. The number of anilines is 2. The van der Waals surface area contributed by atoms with E-state index < -0.39 is 5.97 Å². The van der Waals surface area contributed by atoms with Gasteiger partial charge in [-0.3, -0.25) is 9.59 Å². The van der Waals surface area contributed by atoms with Crippen LogP contribution >= 0.6 is 23.4 Å². The number of benzene rings is 1. The summed E-state index contributed by atoms with van der Waals surface area (Å²) in [5, 5.41) is 5.95. The van der Waals surface area contributed by atoms with Gasteiger partial charge in [-0.05, 0) is 31.5 Å². The molecule has 2 amide bonds. The number of thioether (sulfide) groups is 1. The largest absolute Gasteiger partial charge is 0.462 e. The van der Waals surface area contributed by atoms with Crippen LogP contribution < -0.4 is 16.4 Å². The molecule has 0 spiro atoms. The van der Waals surface area contributed by atoms with E-state index >= 15 is 0 Å². The highest BCUT2D eigenvalue weighted by Crippen LogP contribution is 2.22. The van der Waals surface area contributed by atoms with E-state index in [-0.39, 0.29) is 47.3 Å². The Labute approximate surface area is 176 Å². The summed E-state index contributed by atoms with van der Waals surface area (Å²) >= 11 is 7.03. The highest BCUT2D eigenvalue weighted by molar-refractivity contribution is 7.99. The van der Waals surface area contributed by atoms with Crippen LogP contribution in [-0.4, -0.2) is 46.7 Å². The number of amides is 2. The van der Waals surface area contributed by atoms with Crippen molar-refractivity contribution in [2.24, 2.45) is 0 Å². The second-order valence-electron chi connectivity index (χ2n) is 5.70. The van der Waals surface area contributed by atoms with E-state index in [4.69, 9.17) is 22.1 Å². The lowest BCUT2D eigenvalue weighted by molar-refractivity contribution is -0.122. The molecule has 0 unspecified atom stereocenters. The quantitative estimate of drug-likeness (QED) is 0.324. The molecule has 1 heterocycles. The number of nitrogen functional groups attached to an aromatic ring is 1. The van der Waals surface area contributed by atoms with Crippen LogP contribution in [0.2, 0.25) is 5.02 Å². The van der Waals surface area contributed by atoms with E-state index in [2.05, 4.69) is 20.6 Å². The van der Waals surface area contributed by atoms with Crippen LogP contribution in [0.4, 0.5) is 11.5 Å². The molecule has 154 valence electrons. The standard InChI is InChI=1S/C18H20ClN5O4S/c1-3-28-17(27)11-7-22-18(24-16(11)20)29-9-15(26)21-8-14(25)23-13-6-4-5-12(19)10(13)2/h4-7H,3,8-9H2,1-2H3,(H,21,26)(H,23,25)(H2,20,22,24). The molecule has 0 atom stereocenters. The molecule has 2 aromatic rings. The van der Waals surface area contributed by atoms with Gasteiger partial charge >= 0.3 is 5.97 Å². The molecular weight excluding hydrogens is 418 g/mol. The number of halogens is 1. The van der Waals surface area contributed by atoms with Crippen molar-refractivity contribution in [1.82, 2.24) is 15.3 Å². The molecule has 0 saturated carbocycles. The normalized spacial score (nSPS) is 10.3. The number of hydrogen-bond donors (Lipinski definition) is 3. The Kier molecular flexibility index (Phi) is 8.22. The van der Waals surface area contributed by atoms with Crippen molar-refractivity contribution in [2.75, 3.05) is 30.0 Å². The first kappa shape index (κ1) is 22.4. The maximum Gasteiger partial charge on any atom is 0.343 e. The SMILES string of the molecule is CCOC(=O)c1cnc(SCC(=O)NCC(=O)Nc2cccc(Cl)c2C)nc1N. The summed E-state index contributed by atoms with van der Waals surface area (Å²) in [5.74, 6) is -1.43. The van der Waals surface area contributed by atoms with Crippen LogP contribution in [0.5, 0.6) is 0 Å². The lowest BCUT2D eigenvalue weighted by atomic mass is 10.2. The van der Waals surface area contributed by atoms with Crippen molar-refractivity contribution in [1.29, 1.82) is 0 Å². The van der Waals surface area contributed by atoms with Gasteiger partial charge in [-0.1, -0.05) is 29.4 Å². The van der Waals surface area contributed by atoms with Crippen molar-refractivity contribution in [3.8, 4) is 0 Å². The van der Waals surface area contributed by atoms with Gasteiger partial charge < -0.3 is 21.1 Å². The van der Waals surface area contributed by atoms with Gasteiger partial charge in [-0.25, -0.2) is 14.8 Å². The van der Waals surface area contributed by atoms with Crippen LogP contribution in [-0.2, 0) is 14.3 Å². The monoisotopic (exact) mass is 437 g/mol. The molecule has 0 aliphatic carbocycles. The number of carbonyl (C=O) groups is 3. The number of ether oxygens (including phenoxy) is 1. The molecule has 0 fully saturated rings. The summed E-state index contributed by atoms with van der Waals surface area (Å²) in [4.78, 5) is 43.6. The lowest BCUT2D eigenvalue weighted by Gasteiger charge is -2.10. The van der Waals surface area contributed by atoms with Crippen molar-refractivity contribution >= 4 is 52.7 Å². The van der Waals surface area contributed by atoms with Crippen molar-refractivity contribution in [2.45, 2.75) is 19.0 Å². The molecule has 0 saturated heterocycles. The lowest BCUT2D eigenvalue weighted by Crippen LogP contribution is -2.34. The zero-order valence-electron chi connectivity index (χ0n) is 15.8. The van der Waals surface area contributed by atoms with E-state index in [0.717, 1.165) is 17.3 Å². The number of aromatic nitrogens is 2. The van der Waals surface area contributed by atoms with Gasteiger partial charge in [-0.2, -0.15) is 0 Å². The van der Waals surface area contributed by atoms with E-state index in [1.807, 2.05) is 0 Å². The Bertz CT molecular complexity index is 925. The molecule has 0 bridgehead atoms. The first-order valence-corrected chi connectivity index (χ1v) is 9.92. The average molecular weight is 438 g/mol. The highest BCUT2D eigenvalue weighted by atomic mass is 35.5. The van der Waals surface area contributed by atoms with Gasteiger partial charge in [0.25, 0.3) is 0 Å². The molecule has 9 nitrogen and oxygen atoms in total. The third-order valence-electron chi connectivity index (χ3n) is 3.61. The molecular formula is C18H20ClN5O4S. The molecule has 0 aliphatic rings. The number of hydrogen-bond acceptors (Lipinski definition) is 8. The van der Waals surface area contributed by atoms with Gasteiger partial charge in [0.1, 0.15) is 11.4 Å². The first-order valence-electron chi connectivity index (χ1n) is 8.56. The Morgan fingerprint density at radius 3 is 2.72 bits per heavy atom. The minimum absolute atomic E-state index is 0.0261. The van der Waals surface area contributed by atoms with Crippen molar-refractivity contribution in [3.63, 3.8) is 0 Å². The topological polar surface area (TPSA) is 136 Å². The fraction of sp³-hybridized carbons (Fsp3) is 0.278. The highest BCUT2D eigenvalue weighted by Gasteiger charge is 2.15. The van der Waals surface area contributed by atoms with Gasteiger partial charge in [0.05, 0.1) is 18.9 Å². The Morgan fingerprint density at radius 2 is 2.03 bits per heavy atom.